The summed E-state index contributed by atoms with van der Waals surface area (Å²) < 4.78 is 10.9. The highest BCUT2D eigenvalue weighted by atomic mass is 16.5. The first-order valence-electron chi connectivity index (χ1n) is 8.29. The van der Waals surface area contributed by atoms with Gasteiger partial charge in [0.05, 0.1) is 6.21 Å². The van der Waals surface area contributed by atoms with Crippen molar-refractivity contribution in [2.45, 2.75) is 13.8 Å². The number of carbonyl (C=O) groups excluding carboxylic acids is 1. The standard InChI is InChI=1S/C21H20N2O3/c1-15-12-19(16(2)26-15)13-22-23-21(24)14-25-20-10-8-18(9-11-20)17-6-4-3-5-7-17/h3-13H,14H2,1-2H3,(H,23,24)/b22-13-. The molecule has 0 aliphatic heterocycles. The average molecular weight is 348 g/mol. The van der Waals surface area contributed by atoms with Crippen molar-refractivity contribution in [2.24, 2.45) is 5.10 Å². The van der Waals surface area contributed by atoms with Gasteiger partial charge in [0.25, 0.3) is 5.91 Å². The zero-order valence-corrected chi connectivity index (χ0v) is 14.7. The average Bonchev–Trinajstić information content (AvgIpc) is 2.98. The quantitative estimate of drug-likeness (QED) is 0.539. The highest BCUT2D eigenvalue weighted by Crippen LogP contribution is 2.21. The molecule has 1 amide bonds. The molecule has 132 valence electrons. The van der Waals surface area contributed by atoms with E-state index in [1.807, 2.05) is 74.5 Å². The minimum absolute atomic E-state index is 0.106. The molecule has 1 N–H and O–H groups in total. The van der Waals surface area contributed by atoms with Gasteiger partial charge in [0.1, 0.15) is 17.3 Å². The SMILES string of the molecule is Cc1cc(/C=N\NC(=O)COc2ccc(-c3ccccc3)cc2)c(C)o1. The molecule has 0 aliphatic rings. The van der Waals surface area contributed by atoms with Crippen LogP contribution in [-0.4, -0.2) is 18.7 Å². The molecule has 0 bridgehead atoms. The summed E-state index contributed by atoms with van der Waals surface area (Å²) in [4.78, 5) is 11.8. The lowest BCUT2D eigenvalue weighted by Crippen LogP contribution is -2.24. The van der Waals surface area contributed by atoms with Crippen LogP contribution < -0.4 is 10.2 Å². The Bertz CT molecular complexity index is 897. The molecule has 5 heteroatoms. The van der Waals surface area contributed by atoms with Gasteiger partial charge in [-0.3, -0.25) is 4.79 Å². The molecule has 0 saturated heterocycles. The largest absolute Gasteiger partial charge is 0.484 e. The Morgan fingerprint density at radius 3 is 2.42 bits per heavy atom. The summed E-state index contributed by atoms with van der Waals surface area (Å²) in [6.45, 7) is 3.60. The maximum Gasteiger partial charge on any atom is 0.277 e. The van der Waals surface area contributed by atoms with E-state index in [2.05, 4.69) is 10.5 Å². The third-order valence-corrected chi connectivity index (χ3v) is 3.80. The van der Waals surface area contributed by atoms with Crippen molar-refractivity contribution in [3.05, 3.63) is 77.7 Å². The summed E-state index contributed by atoms with van der Waals surface area (Å²) >= 11 is 0. The van der Waals surface area contributed by atoms with Crippen molar-refractivity contribution >= 4 is 12.1 Å². The Kier molecular flexibility index (Phi) is 5.49. The molecule has 0 saturated carbocycles. The van der Waals surface area contributed by atoms with Crippen molar-refractivity contribution < 1.29 is 13.9 Å². The predicted molar refractivity (Wildman–Crippen MR) is 101 cm³/mol. The number of hydrogen-bond donors (Lipinski definition) is 1. The molecule has 0 fully saturated rings. The molecule has 2 aromatic carbocycles. The Morgan fingerprint density at radius 1 is 1.08 bits per heavy atom. The second-order valence-electron chi connectivity index (χ2n) is 5.84. The molecule has 0 spiro atoms. The van der Waals surface area contributed by atoms with Gasteiger partial charge in [0, 0.05) is 5.56 Å². The summed E-state index contributed by atoms with van der Waals surface area (Å²) in [5.74, 6) is 1.86. The Labute approximate surface area is 152 Å². The zero-order chi connectivity index (χ0) is 18.4. The van der Waals surface area contributed by atoms with Gasteiger partial charge in [-0.1, -0.05) is 42.5 Å². The molecule has 0 radical (unpaired) electrons. The van der Waals surface area contributed by atoms with E-state index in [1.165, 1.54) is 0 Å². The van der Waals surface area contributed by atoms with Crippen LogP contribution in [0.1, 0.15) is 17.1 Å². The fourth-order valence-electron chi connectivity index (χ4n) is 2.51. The number of amides is 1. The molecule has 26 heavy (non-hydrogen) atoms. The number of furan rings is 1. The lowest BCUT2D eigenvalue weighted by molar-refractivity contribution is -0.123. The lowest BCUT2D eigenvalue weighted by atomic mass is 10.1. The van der Waals surface area contributed by atoms with Gasteiger partial charge in [-0.25, -0.2) is 5.43 Å². The normalized spacial score (nSPS) is 10.8. The number of aryl methyl sites for hydroxylation is 2. The number of hydrazone groups is 1. The van der Waals surface area contributed by atoms with Gasteiger partial charge in [-0.15, -0.1) is 0 Å². The monoisotopic (exact) mass is 348 g/mol. The Balaban J connectivity index is 1.49. The van der Waals surface area contributed by atoms with Gasteiger partial charge in [0.2, 0.25) is 0 Å². The first kappa shape index (κ1) is 17.5. The molecule has 1 heterocycles. The highest BCUT2D eigenvalue weighted by molar-refractivity contribution is 5.83. The van der Waals surface area contributed by atoms with E-state index in [0.29, 0.717) is 5.75 Å². The first-order chi connectivity index (χ1) is 12.6. The van der Waals surface area contributed by atoms with E-state index in [0.717, 1.165) is 28.2 Å². The minimum atomic E-state index is -0.328. The maximum atomic E-state index is 11.8. The van der Waals surface area contributed by atoms with Gasteiger partial charge in [0.15, 0.2) is 6.61 Å². The van der Waals surface area contributed by atoms with Gasteiger partial charge >= 0.3 is 0 Å². The van der Waals surface area contributed by atoms with Crippen molar-refractivity contribution in [3.8, 4) is 16.9 Å². The molecule has 0 unspecified atom stereocenters. The fraction of sp³-hybridized carbons (Fsp3) is 0.143. The van der Waals surface area contributed by atoms with Crippen LogP contribution in [0.2, 0.25) is 0 Å². The second kappa shape index (κ2) is 8.16. The summed E-state index contributed by atoms with van der Waals surface area (Å²) in [7, 11) is 0. The fourth-order valence-corrected chi connectivity index (χ4v) is 2.51. The van der Waals surface area contributed by atoms with E-state index in [9.17, 15) is 4.79 Å². The molecule has 3 rings (SSSR count). The second-order valence-corrected chi connectivity index (χ2v) is 5.84. The number of hydrogen-bond acceptors (Lipinski definition) is 4. The smallest absolute Gasteiger partial charge is 0.277 e. The van der Waals surface area contributed by atoms with E-state index >= 15 is 0 Å². The minimum Gasteiger partial charge on any atom is -0.484 e. The van der Waals surface area contributed by atoms with E-state index < -0.39 is 0 Å². The van der Waals surface area contributed by atoms with E-state index in [4.69, 9.17) is 9.15 Å². The third-order valence-electron chi connectivity index (χ3n) is 3.80. The molecule has 3 aromatic rings. The van der Waals surface area contributed by atoms with Crippen LogP contribution >= 0.6 is 0 Å². The first-order valence-corrected chi connectivity index (χ1v) is 8.29. The van der Waals surface area contributed by atoms with Gasteiger partial charge < -0.3 is 9.15 Å². The molecule has 0 aliphatic carbocycles. The van der Waals surface area contributed by atoms with Crippen molar-refractivity contribution in [2.75, 3.05) is 6.61 Å². The Morgan fingerprint density at radius 2 is 1.77 bits per heavy atom. The van der Waals surface area contributed by atoms with Crippen LogP contribution in [-0.2, 0) is 4.79 Å². The number of nitrogens with zero attached hydrogens (tertiary/aromatic N) is 1. The van der Waals surface area contributed by atoms with Crippen LogP contribution in [0.15, 0.2) is 70.2 Å². The summed E-state index contributed by atoms with van der Waals surface area (Å²) in [5.41, 5.74) is 5.50. The third kappa shape index (κ3) is 4.60. The zero-order valence-electron chi connectivity index (χ0n) is 14.7. The van der Waals surface area contributed by atoms with Crippen molar-refractivity contribution in [3.63, 3.8) is 0 Å². The van der Waals surface area contributed by atoms with Crippen LogP contribution in [0, 0.1) is 13.8 Å². The van der Waals surface area contributed by atoms with Crippen LogP contribution in [0.25, 0.3) is 11.1 Å². The number of carbonyl (C=O) groups is 1. The van der Waals surface area contributed by atoms with Crippen LogP contribution in [0.5, 0.6) is 5.75 Å². The topological polar surface area (TPSA) is 63.8 Å². The van der Waals surface area contributed by atoms with E-state index in [1.54, 1.807) is 6.21 Å². The van der Waals surface area contributed by atoms with Crippen molar-refractivity contribution in [1.29, 1.82) is 0 Å². The summed E-state index contributed by atoms with van der Waals surface area (Å²) in [5, 5.41) is 3.92. The summed E-state index contributed by atoms with van der Waals surface area (Å²) in [6, 6.07) is 19.5. The molecular formula is C21H20N2O3. The van der Waals surface area contributed by atoms with Crippen LogP contribution in [0.3, 0.4) is 0 Å². The van der Waals surface area contributed by atoms with Gasteiger partial charge in [-0.2, -0.15) is 5.10 Å². The van der Waals surface area contributed by atoms with Gasteiger partial charge in [-0.05, 0) is 43.2 Å². The number of nitrogens with one attached hydrogen (secondary N) is 1. The van der Waals surface area contributed by atoms with Crippen LogP contribution in [0.4, 0.5) is 0 Å². The van der Waals surface area contributed by atoms with E-state index in [-0.39, 0.29) is 12.5 Å². The predicted octanol–water partition coefficient (Wildman–Crippen LogP) is 4.09. The Hall–Kier alpha value is -3.34. The molecule has 5 nitrogen and oxygen atoms in total. The maximum absolute atomic E-state index is 11.8. The molecular weight excluding hydrogens is 328 g/mol. The van der Waals surface area contributed by atoms with Crippen molar-refractivity contribution in [1.82, 2.24) is 5.43 Å². The summed E-state index contributed by atoms with van der Waals surface area (Å²) in [6.07, 6.45) is 1.55. The highest BCUT2D eigenvalue weighted by Gasteiger charge is 2.04. The number of benzene rings is 2. The number of rotatable bonds is 6. The lowest BCUT2D eigenvalue weighted by Gasteiger charge is -2.06. The molecule has 1 aromatic heterocycles. The molecule has 0 atom stereocenters. The number of ether oxygens (including phenoxy) is 1.